The SMILES string of the molecule is COCCc1ccc(Nc2nc(Nc3ccccc3)c3ccccc3n2)cc1. The number of anilines is 4. The number of benzene rings is 3. The molecule has 0 saturated heterocycles. The van der Waals surface area contributed by atoms with Gasteiger partial charge in [0.15, 0.2) is 0 Å². The molecule has 1 heterocycles. The minimum absolute atomic E-state index is 0.557. The Bertz CT molecular complexity index is 1050. The minimum atomic E-state index is 0.557. The van der Waals surface area contributed by atoms with Crippen molar-refractivity contribution >= 4 is 34.0 Å². The van der Waals surface area contributed by atoms with E-state index in [2.05, 4.69) is 27.8 Å². The van der Waals surface area contributed by atoms with Crippen molar-refractivity contribution in [1.82, 2.24) is 9.97 Å². The number of para-hydroxylation sites is 2. The predicted octanol–water partition coefficient (Wildman–Crippen LogP) is 5.31. The number of nitrogens with one attached hydrogen (secondary N) is 2. The molecule has 1 aromatic heterocycles. The van der Waals surface area contributed by atoms with Gasteiger partial charge in [-0.15, -0.1) is 0 Å². The van der Waals surface area contributed by atoms with E-state index in [1.807, 2.05) is 66.7 Å². The minimum Gasteiger partial charge on any atom is -0.384 e. The molecule has 0 fully saturated rings. The van der Waals surface area contributed by atoms with Gasteiger partial charge in [-0.25, -0.2) is 4.98 Å². The summed E-state index contributed by atoms with van der Waals surface area (Å²) in [7, 11) is 1.72. The van der Waals surface area contributed by atoms with Crippen molar-refractivity contribution < 1.29 is 4.74 Å². The molecule has 0 unspecified atom stereocenters. The van der Waals surface area contributed by atoms with Crippen LogP contribution in [0.5, 0.6) is 0 Å². The molecule has 3 aromatic carbocycles. The first-order valence-corrected chi connectivity index (χ1v) is 9.25. The number of aromatic nitrogens is 2. The molecule has 0 aliphatic heterocycles. The van der Waals surface area contributed by atoms with E-state index in [1.54, 1.807) is 7.11 Å². The standard InChI is InChI=1S/C23H22N4O/c1-28-16-15-17-11-13-19(14-12-17)25-23-26-21-10-6-5-9-20(21)22(27-23)24-18-7-3-2-4-8-18/h2-14H,15-16H2,1H3,(H2,24,25,26,27). The third-order valence-corrected chi connectivity index (χ3v) is 4.44. The molecule has 140 valence electrons. The van der Waals surface area contributed by atoms with Crippen molar-refractivity contribution in [2.45, 2.75) is 6.42 Å². The third kappa shape index (κ3) is 4.27. The quantitative estimate of drug-likeness (QED) is 0.462. The second kappa shape index (κ2) is 8.50. The van der Waals surface area contributed by atoms with Crippen LogP contribution in [0.1, 0.15) is 5.56 Å². The molecule has 5 nitrogen and oxygen atoms in total. The van der Waals surface area contributed by atoms with E-state index >= 15 is 0 Å². The van der Waals surface area contributed by atoms with Crippen molar-refractivity contribution in [2.24, 2.45) is 0 Å². The van der Waals surface area contributed by atoms with Crippen molar-refractivity contribution in [3.63, 3.8) is 0 Å². The smallest absolute Gasteiger partial charge is 0.229 e. The Hall–Kier alpha value is -3.44. The third-order valence-electron chi connectivity index (χ3n) is 4.44. The van der Waals surface area contributed by atoms with E-state index in [9.17, 15) is 0 Å². The summed E-state index contributed by atoms with van der Waals surface area (Å²) < 4.78 is 5.13. The van der Waals surface area contributed by atoms with Gasteiger partial charge < -0.3 is 15.4 Å². The lowest BCUT2D eigenvalue weighted by atomic mass is 10.1. The maximum absolute atomic E-state index is 5.13. The Morgan fingerprint density at radius 2 is 1.46 bits per heavy atom. The van der Waals surface area contributed by atoms with Gasteiger partial charge in [0, 0.05) is 23.9 Å². The molecule has 0 bridgehead atoms. The Morgan fingerprint density at radius 3 is 2.25 bits per heavy atom. The van der Waals surface area contributed by atoms with Crippen LogP contribution < -0.4 is 10.6 Å². The van der Waals surface area contributed by atoms with Crippen LogP contribution in [0.25, 0.3) is 10.9 Å². The summed E-state index contributed by atoms with van der Waals surface area (Å²) in [5.41, 5.74) is 4.05. The van der Waals surface area contributed by atoms with Gasteiger partial charge in [0.25, 0.3) is 0 Å². The number of hydrogen-bond acceptors (Lipinski definition) is 5. The van der Waals surface area contributed by atoms with Crippen molar-refractivity contribution in [3.8, 4) is 0 Å². The molecule has 4 aromatic rings. The largest absolute Gasteiger partial charge is 0.384 e. The van der Waals surface area contributed by atoms with E-state index in [0.29, 0.717) is 5.95 Å². The molecule has 0 radical (unpaired) electrons. The van der Waals surface area contributed by atoms with Gasteiger partial charge >= 0.3 is 0 Å². The van der Waals surface area contributed by atoms with Gasteiger partial charge in [-0.1, -0.05) is 42.5 Å². The van der Waals surface area contributed by atoms with Gasteiger partial charge in [-0.3, -0.25) is 0 Å². The maximum Gasteiger partial charge on any atom is 0.229 e. The highest BCUT2D eigenvalue weighted by Crippen LogP contribution is 2.26. The molecule has 0 amide bonds. The van der Waals surface area contributed by atoms with E-state index < -0.39 is 0 Å². The lowest BCUT2D eigenvalue weighted by molar-refractivity contribution is 0.202. The van der Waals surface area contributed by atoms with Crippen LogP contribution in [-0.4, -0.2) is 23.7 Å². The predicted molar refractivity (Wildman–Crippen MR) is 115 cm³/mol. The zero-order valence-corrected chi connectivity index (χ0v) is 15.7. The molecule has 0 atom stereocenters. The average Bonchev–Trinajstić information content (AvgIpc) is 2.74. The lowest BCUT2D eigenvalue weighted by Crippen LogP contribution is -2.02. The van der Waals surface area contributed by atoms with Crippen LogP contribution in [-0.2, 0) is 11.2 Å². The van der Waals surface area contributed by atoms with Crippen LogP contribution in [0.15, 0.2) is 78.9 Å². The summed E-state index contributed by atoms with van der Waals surface area (Å²) in [6.45, 7) is 0.717. The summed E-state index contributed by atoms with van der Waals surface area (Å²) in [4.78, 5) is 9.37. The number of hydrogen-bond donors (Lipinski definition) is 2. The monoisotopic (exact) mass is 370 g/mol. The van der Waals surface area contributed by atoms with Crippen LogP contribution in [0.3, 0.4) is 0 Å². The van der Waals surface area contributed by atoms with Crippen molar-refractivity contribution in [1.29, 1.82) is 0 Å². The van der Waals surface area contributed by atoms with Crippen LogP contribution in [0, 0.1) is 0 Å². The first-order valence-electron chi connectivity index (χ1n) is 9.25. The molecular formula is C23H22N4O. The maximum atomic E-state index is 5.13. The molecule has 0 saturated carbocycles. The molecule has 0 spiro atoms. The molecule has 2 N–H and O–H groups in total. The first kappa shape index (κ1) is 17.9. The first-order chi connectivity index (χ1) is 13.8. The fraction of sp³-hybridized carbons (Fsp3) is 0.130. The van der Waals surface area contributed by atoms with Gasteiger partial charge in [-0.05, 0) is 48.4 Å². The number of rotatable bonds is 7. The average molecular weight is 370 g/mol. The van der Waals surface area contributed by atoms with Crippen LogP contribution >= 0.6 is 0 Å². The Labute approximate surface area is 164 Å². The molecule has 28 heavy (non-hydrogen) atoms. The Morgan fingerprint density at radius 1 is 0.750 bits per heavy atom. The summed E-state index contributed by atoms with van der Waals surface area (Å²) in [6, 6.07) is 26.3. The van der Waals surface area contributed by atoms with E-state index in [0.717, 1.165) is 41.1 Å². The number of methoxy groups -OCH3 is 1. The number of nitrogens with zero attached hydrogens (tertiary/aromatic N) is 2. The van der Waals surface area contributed by atoms with E-state index in [1.165, 1.54) is 5.56 Å². The zero-order chi connectivity index (χ0) is 19.2. The molecule has 4 rings (SSSR count). The lowest BCUT2D eigenvalue weighted by Gasteiger charge is -2.12. The summed E-state index contributed by atoms with van der Waals surface area (Å²) >= 11 is 0. The second-order valence-electron chi connectivity index (χ2n) is 6.47. The fourth-order valence-electron chi connectivity index (χ4n) is 2.99. The van der Waals surface area contributed by atoms with Gasteiger partial charge in [0.2, 0.25) is 5.95 Å². The van der Waals surface area contributed by atoms with Crippen LogP contribution in [0.4, 0.5) is 23.1 Å². The number of fused-ring (bicyclic) bond motifs is 1. The summed E-state index contributed by atoms with van der Waals surface area (Å²) in [6.07, 6.45) is 0.897. The molecular weight excluding hydrogens is 348 g/mol. The van der Waals surface area contributed by atoms with Crippen molar-refractivity contribution in [2.75, 3.05) is 24.4 Å². The van der Waals surface area contributed by atoms with Gasteiger partial charge in [0.05, 0.1) is 12.1 Å². The molecule has 0 aliphatic carbocycles. The zero-order valence-electron chi connectivity index (χ0n) is 15.7. The fourth-order valence-corrected chi connectivity index (χ4v) is 2.99. The highest BCUT2D eigenvalue weighted by molar-refractivity contribution is 5.91. The van der Waals surface area contributed by atoms with Crippen LogP contribution in [0.2, 0.25) is 0 Å². The Balaban J connectivity index is 1.62. The molecule has 5 heteroatoms. The Kier molecular flexibility index (Phi) is 5.45. The second-order valence-corrected chi connectivity index (χ2v) is 6.47. The van der Waals surface area contributed by atoms with E-state index in [4.69, 9.17) is 9.72 Å². The highest BCUT2D eigenvalue weighted by Gasteiger charge is 2.08. The van der Waals surface area contributed by atoms with Crippen molar-refractivity contribution in [3.05, 3.63) is 84.4 Å². The summed E-state index contributed by atoms with van der Waals surface area (Å²) in [5, 5.41) is 7.69. The molecule has 0 aliphatic rings. The topological polar surface area (TPSA) is 59.1 Å². The van der Waals surface area contributed by atoms with Gasteiger partial charge in [-0.2, -0.15) is 4.98 Å². The normalized spacial score (nSPS) is 10.8. The highest BCUT2D eigenvalue weighted by atomic mass is 16.5. The summed E-state index contributed by atoms with van der Waals surface area (Å²) in [5.74, 6) is 1.33. The number of ether oxygens (including phenoxy) is 1. The van der Waals surface area contributed by atoms with E-state index in [-0.39, 0.29) is 0 Å². The van der Waals surface area contributed by atoms with Gasteiger partial charge in [0.1, 0.15) is 5.82 Å².